The fraction of sp³-hybridized carbons (Fsp3) is 0.261. The van der Waals surface area contributed by atoms with Gasteiger partial charge in [0.15, 0.2) is 10.1 Å². The number of halogens is 1. The molecule has 0 spiro atoms. The Kier molecular flexibility index (Phi) is 6.08. The summed E-state index contributed by atoms with van der Waals surface area (Å²) in [6.07, 6.45) is 0. The van der Waals surface area contributed by atoms with Gasteiger partial charge in [-0.1, -0.05) is 52.9 Å². The molecule has 1 aliphatic heterocycles. The zero-order chi connectivity index (χ0) is 22.1. The Labute approximate surface area is 199 Å². The molecule has 164 valence electrons. The summed E-state index contributed by atoms with van der Waals surface area (Å²) in [7, 11) is 0. The lowest BCUT2D eigenvalue weighted by molar-refractivity contribution is 0.0716. The molecule has 9 heteroatoms. The molecule has 1 amide bonds. The Balaban J connectivity index is 1.34. The molecule has 0 atom stereocenters. The van der Waals surface area contributed by atoms with Gasteiger partial charge in [-0.25, -0.2) is 0 Å². The Bertz CT molecular complexity index is 1250. The molecule has 0 unspecified atom stereocenters. The normalized spacial score (nSPS) is 14.3. The van der Waals surface area contributed by atoms with Crippen LogP contribution in [0, 0.1) is 6.92 Å². The van der Waals surface area contributed by atoms with Crippen molar-refractivity contribution in [1.82, 2.24) is 15.1 Å². The minimum absolute atomic E-state index is 0.0546. The van der Waals surface area contributed by atoms with Crippen LogP contribution in [0.3, 0.4) is 0 Å². The molecule has 1 fully saturated rings. The van der Waals surface area contributed by atoms with Crippen molar-refractivity contribution in [3.63, 3.8) is 0 Å². The van der Waals surface area contributed by atoms with E-state index in [0.717, 1.165) is 49.7 Å². The van der Waals surface area contributed by atoms with Crippen LogP contribution in [0.4, 0.5) is 5.69 Å². The predicted molar refractivity (Wildman–Crippen MR) is 130 cm³/mol. The van der Waals surface area contributed by atoms with Crippen LogP contribution in [0.25, 0.3) is 11.0 Å². The highest BCUT2D eigenvalue weighted by Gasteiger charge is 2.28. The number of carbonyl (C=O) groups excluding carboxylic acids is 1. The van der Waals surface area contributed by atoms with E-state index < -0.39 is 0 Å². The van der Waals surface area contributed by atoms with Gasteiger partial charge in [-0.15, -0.1) is 10.2 Å². The second-order valence-electron chi connectivity index (χ2n) is 7.54. The molecule has 0 radical (unpaired) electrons. The van der Waals surface area contributed by atoms with Gasteiger partial charge in [0.05, 0.1) is 0 Å². The largest absolute Gasteiger partial charge is 0.451 e. The molecule has 0 N–H and O–H groups in total. The fourth-order valence-electron chi connectivity index (χ4n) is 3.85. The molecule has 1 saturated heterocycles. The van der Waals surface area contributed by atoms with Gasteiger partial charge in [-0.05, 0) is 37.3 Å². The van der Waals surface area contributed by atoms with Gasteiger partial charge >= 0.3 is 0 Å². The molecule has 2 aromatic carbocycles. The quantitative estimate of drug-likeness (QED) is 0.348. The summed E-state index contributed by atoms with van der Waals surface area (Å²) in [6, 6.07) is 15.6. The first-order valence-corrected chi connectivity index (χ1v) is 12.5. The molecule has 6 nitrogen and oxygen atoms in total. The number of para-hydroxylation sites is 1. The van der Waals surface area contributed by atoms with E-state index in [-0.39, 0.29) is 5.91 Å². The van der Waals surface area contributed by atoms with Crippen molar-refractivity contribution in [2.45, 2.75) is 17.0 Å². The number of fused-ring (bicyclic) bond motifs is 1. The molecule has 4 aromatic rings. The number of hydrogen-bond donors (Lipinski definition) is 0. The number of furan rings is 1. The Morgan fingerprint density at radius 3 is 2.56 bits per heavy atom. The number of carbonyl (C=O) groups is 1. The van der Waals surface area contributed by atoms with Crippen molar-refractivity contribution in [2.75, 3.05) is 31.1 Å². The molecule has 3 heterocycles. The summed E-state index contributed by atoms with van der Waals surface area (Å²) in [5.41, 5.74) is 2.78. The summed E-state index contributed by atoms with van der Waals surface area (Å²) in [5, 5.41) is 10.9. The van der Waals surface area contributed by atoms with Crippen LogP contribution in [0.5, 0.6) is 0 Å². The fourth-order valence-corrected chi connectivity index (χ4v) is 5.82. The van der Waals surface area contributed by atoms with Gasteiger partial charge in [0, 0.05) is 53.6 Å². The first kappa shape index (κ1) is 21.3. The summed E-state index contributed by atoms with van der Waals surface area (Å²) < 4.78 is 6.96. The summed E-state index contributed by atoms with van der Waals surface area (Å²) in [5.74, 6) is 0.984. The lowest BCUT2D eigenvalue weighted by Gasteiger charge is -2.35. The summed E-state index contributed by atoms with van der Waals surface area (Å²) in [6.45, 7) is 4.75. The third-order valence-corrected chi connectivity index (χ3v) is 7.75. The van der Waals surface area contributed by atoms with Crippen molar-refractivity contribution in [3.8, 4) is 0 Å². The molecular weight excluding hydrogens is 464 g/mol. The molecule has 0 saturated carbocycles. The van der Waals surface area contributed by atoms with Crippen LogP contribution >= 0.6 is 34.7 Å². The maximum atomic E-state index is 13.5. The van der Waals surface area contributed by atoms with E-state index in [0.29, 0.717) is 24.6 Å². The van der Waals surface area contributed by atoms with Crippen molar-refractivity contribution in [1.29, 1.82) is 0 Å². The van der Waals surface area contributed by atoms with E-state index in [2.05, 4.69) is 15.1 Å². The standard InChI is InChI=1S/C23H21ClN4O2S2/c1-15-25-26-23(32-15)31-14-19-18-4-2-3-5-20(18)30-21(19)22(29)28-12-10-27(11-13-28)17-8-6-16(24)7-9-17/h2-9H,10-14H2,1H3. The van der Waals surface area contributed by atoms with Crippen LogP contribution in [-0.2, 0) is 5.75 Å². The first-order chi connectivity index (χ1) is 15.6. The number of benzene rings is 2. The van der Waals surface area contributed by atoms with Gasteiger partial charge in [-0.2, -0.15) is 0 Å². The maximum Gasteiger partial charge on any atom is 0.290 e. The van der Waals surface area contributed by atoms with E-state index in [1.54, 1.807) is 23.1 Å². The number of thioether (sulfide) groups is 1. The van der Waals surface area contributed by atoms with E-state index in [4.69, 9.17) is 16.0 Å². The molecule has 32 heavy (non-hydrogen) atoms. The van der Waals surface area contributed by atoms with Gasteiger partial charge in [0.25, 0.3) is 5.91 Å². The SMILES string of the molecule is Cc1nnc(SCc2c(C(=O)N3CCN(c4ccc(Cl)cc4)CC3)oc3ccccc23)s1. The number of amides is 1. The number of aromatic nitrogens is 2. The van der Waals surface area contributed by atoms with Crippen molar-refractivity contribution in [2.24, 2.45) is 0 Å². The van der Waals surface area contributed by atoms with Crippen LogP contribution in [0.1, 0.15) is 21.1 Å². The highest BCUT2D eigenvalue weighted by Crippen LogP contribution is 2.34. The minimum Gasteiger partial charge on any atom is -0.451 e. The van der Waals surface area contributed by atoms with Crippen LogP contribution in [0.15, 0.2) is 57.3 Å². The van der Waals surface area contributed by atoms with Crippen LogP contribution in [-0.4, -0.2) is 47.2 Å². The lowest BCUT2D eigenvalue weighted by Crippen LogP contribution is -2.48. The number of piperazine rings is 1. The predicted octanol–water partition coefficient (Wildman–Crippen LogP) is 5.50. The minimum atomic E-state index is -0.0546. The van der Waals surface area contributed by atoms with Gasteiger partial charge in [0.1, 0.15) is 10.6 Å². The zero-order valence-corrected chi connectivity index (χ0v) is 19.8. The monoisotopic (exact) mass is 484 g/mol. The average Bonchev–Trinajstić information content (AvgIpc) is 3.41. The topological polar surface area (TPSA) is 62.5 Å². The molecule has 0 aliphatic carbocycles. The molecule has 0 bridgehead atoms. The Morgan fingerprint density at radius 1 is 1.09 bits per heavy atom. The molecular formula is C23H21ClN4O2S2. The number of hydrogen-bond acceptors (Lipinski definition) is 7. The Morgan fingerprint density at radius 2 is 1.84 bits per heavy atom. The number of anilines is 1. The highest BCUT2D eigenvalue weighted by molar-refractivity contribution is 8.00. The highest BCUT2D eigenvalue weighted by atomic mass is 35.5. The summed E-state index contributed by atoms with van der Waals surface area (Å²) >= 11 is 9.15. The van der Waals surface area contributed by atoms with Crippen LogP contribution in [0.2, 0.25) is 5.02 Å². The third-order valence-electron chi connectivity index (χ3n) is 5.50. The van der Waals surface area contributed by atoms with Gasteiger partial charge in [-0.3, -0.25) is 4.79 Å². The average molecular weight is 485 g/mol. The van der Waals surface area contributed by atoms with Crippen LogP contribution < -0.4 is 4.90 Å². The smallest absolute Gasteiger partial charge is 0.290 e. The van der Waals surface area contributed by atoms with E-state index in [1.165, 1.54) is 0 Å². The van der Waals surface area contributed by atoms with Crippen molar-refractivity contribution < 1.29 is 9.21 Å². The summed E-state index contributed by atoms with van der Waals surface area (Å²) in [4.78, 5) is 17.6. The maximum absolute atomic E-state index is 13.5. The number of rotatable bonds is 5. The number of aryl methyl sites for hydroxylation is 1. The zero-order valence-electron chi connectivity index (χ0n) is 17.5. The van der Waals surface area contributed by atoms with Gasteiger partial charge in [0.2, 0.25) is 0 Å². The third kappa shape index (κ3) is 4.35. The van der Waals surface area contributed by atoms with Crippen molar-refractivity contribution in [3.05, 3.63) is 69.9 Å². The molecule has 5 rings (SSSR count). The second kappa shape index (κ2) is 9.13. The van der Waals surface area contributed by atoms with E-state index in [1.807, 2.05) is 60.4 Å². The second-order valence-corrected chi connectivity index (χ2v) is 10.4. The Hall–Kier alpha value is -2.55. The van der Waals surface area contributed by atoms with Gasteiger partial charge < -0.3 is 14.2 Å². The lowest BCUT2D eigenvalue weighted by atomic mass is 10.1. The first-order valence-electron chi connectivity index (χ1n) is 10.3. The molecule has 1 aliphatic rings. The number of nitrogens with zero attached hydrogens (tertiary/aromatic N) is 4. The van der Waals surface area contributed by atoms with Crippen molar-refractivity contribution >= 4 is 57.3 Å². The molecule has 2 aromatic heterocycles. The van der Waals surface area contributed by atoms with E-state index in [9.17, 15) is 4.79 Å². The van der Waals surface area contributed by atoms with E-state index >= 15 is 0 Å².